The quantitative estimate of drug-likeness (QED) is 0.791. The number of carbonyl (C=O) groups excluding carboxylic acids is 1. The molecule has 1 aliphatic carbocycles. The van der Waals surface area contributed by atoms with Crippen LogP contribution in [-0.2, 0) is 0 Å². The van der Waals surface area contributed by atoms with Crippen molar-refractivity contribution in [1.29, 1.82) is 0 Å². The number of phenolic OH excluding ortho intramolecular Hbond substituents is 1. The fraction of sp³-hybridized carbons (Fsp3) is 0.421. The monoisotopic (exact) mass is 357 g/mol. The summed E-state index contributed by atoms with van der Waals surface area (Å²) < 4.78 is 0. The van der Waals surface area contributed by atoms with Crippen molar-refractivity contribution in [3.8, 4) is 5.75 Å². The van der Waals surface area contributed by atoms with Gasteiger partial charge in [0, 0.05) is 26.7 Å². The average Bonchev–Trinajstić information content (AvgIpc) is 3.19. The molecule has 0 aromatic heterocycles. The van der Waals surface area contributed by atoms with Gasteiger partial charge in [0.2, 0.25) is 0 Å². The van der Waals surface area contributed by atoms with E-state index in [1.165, 1.54) is 15.9 Å². The number of hydrogen-bond acceptors (Lipinski definition) is 6. The van der Waals surface area contributed by atoms with Gasteiger partial charge in [-0.25, -0.2) is 0 Å². The fourth-order valence-corrected chi connectivity index (χ4v) is 3.19. The van der Waals surface area contributed by atoms with Crippen molar-refractivity contribution in [1.82, 2.24) is 4.90 Å². The van der Waals surface area contributed by atoms with Gasteiger partial charge in [-0.3, -0.25) is 14.4 Å². The molecule has 0 heterocycles. The van der Waals surface area contributed by atoms with Gasteiger partial charge >= 0.3 is 0 Å². The number of aromatic hydroxyl groups is 1. The van der Waals surface area contributed by atoms with Gasteiger partial charge in [-0.05, 0) is 31.4 Å². The van der Waals surface area contributed by atoms with Crippen LogP contribution in [0.3, 0.4) is 0 Å². The lowest BCUT2D eigenvalue weighted by molar-refractivity contribution is 0.0824. The van der Waals surface area contributed by atoms with Crippen LogP contribution in [0.4, 0.5) is 17.1 Å². The molecular weight excluding hydrogens is 334 g/mol. The van der Waals surface area contributed by atoms with Gasteiger partial charge in [-0.2, -0.15) is 0 Å². The summed E-state index contributed by atoms with van der Waals surface area (Å²) in [5.74, 6) is -0.154. The van der Waals surface area contributed by atoms with Gasteiger partial charge in [0.25, 0.3) is 16.8 Å². The normalized spacial score (nSPS) is 21.5. The molecule has 7 heteroatoms. The lowest BCUT2D eigenvalue weighted by Crippen LogP contribution is -2.42. The van der Waals surface area contributed by atoms with Crippen molar-refractivity contribution in [2.45, 2.75) is 25.8 Å². The summed E-state index contributed by atoms with van der Waals surface area (Å²) >= 11 is 0. The van der Waals surface area contributed by atoms with Crippen LogP contribution in [-0.4, -0.2) is 42.6 Å². The molecule has 2 atom stereocenters. The summed E-state index contributed by atoms with van der Waals surface area (Å²) in [5, 5.41) is 13.7. The Morgan fingerprint density at radius 1 is 1.23 bits per heavy atom. The van der Waals surface area contributed by atoms with E-state index >= 15 is 0 Å². The first-order chi connectivity index (χ1) is 12.1. The maximum absolute atomic E-state index is 12.2. The fourth-order valence-electron chi connectivity index (χ4n) is 3.19. The summed E-state index contributed by atoms with van der Waals surface area (Å²) in [4.78, 5) is 39.2. The lowest BCUT2D eigenvalue weighted by Gasteiger charge is -2.27. The molecule has 0 spiro atoms. The molecule has 7 nitrogen and oxygen atoms in total. The average molecular weight is 357 g/mol. The highest BCUT2D eigenvalue weighted by atomic mass is 16.3. The predicted octanol–water partition coefficient (Wildman–Crippen LogP) is 1.67. The summed E-state index contributed by atoms with van der Waals surface area (Å²) in [6.07, 6.45) is 0.924. The van der Waals surface area contributed by atoms with E-state index in [2.05, 4.69) is 12.2 Å². The van der Waals surface area contributed by atoms with E-state index in [0.29, 0.717) is 11.6 Å². The minimum Gasteiger partial charge on any atom is -0.505 e. The summed E-state index contributed by atoms with van der Waals surface area (Å²) in [6, 6.07) is 4.75. The number of rotatable bonds is 5. The maximum Gasteiger partial charge on any atom is 0.257 e. The third-order valence-electron chi connectivity index (χ3n) is 5.30. The number of nitrogens with one attached hydrogen (secondary N) is 1. The van der Waals surface area contributed by atoms with E-state index in [-0.39, 0.29) is 34.1 Å². The Morgan fingerprint density at radius 2 is 1.85 bits per heavy atom. The summed E-state index contributed by atoms with van der Waals surface area (Å²) in [6.45, 7) is 4.08. The Kier molecular flexibility index (Phi) is 4.05. The number of carbonyl (C=O) groups is 1. The molecule has 138 valence electrons. The number of amides is 1. The minimum atomic E-state index is -0.601. The van der Waals surface area contributed by atoms with Gasteiger partial charge in [0.1, 0.15) is 11.4 Å². The Hall–Kier alpha value is -2.83. The van der Waals surface area contributed by atoms with Crippen LogP contribution in [0.25, 0.3) is 0 Å². The number of phenols is 1. The van der Waals surface area contributed by atoms with Crippen LogP contribution < -0.4 is 21.1 Å². The van der Waals surface area contributed by atoms with Crippen molar-refractivity contribution in [2.75, 3.05) is 31.4 Å². The second-order valence-electron chi connectivity index (χ2n) is 7.46. The zero-order valence-corrected chi connectivity index (χ0v) is 15.6. The van der Waals surface area contributed by atoms with Gasteiger partial charge in [-0.1, -0.05) is 13.0 Å². The molecule has 26 heavy (non-hydrogen) atoms. The molecule has 2 N–H and O–H groups in total. The summed E-state index contributed by atoms with van der Waals surface area (Å²) in [5.41, 5.74) is -0.434. The van der Waals surface area contributed by atoms with Crippen molar-refractivity contribution in [3.63, 3.8) is 0 Å². The minimum absolute atomic E-state index is 0.135. The van der Waals surface area contributed by atoms with Gasteiger partial charge in [0.05, 0.1) is 11.3 Å². The van der Waals surface area contributed by atoms with Crippen LogP contribution in [0, 0.1) is 5.92 Å². The number of benzene rings is 1. The van der Waals surface area contributed by atoms with Crippen LogP contribution in [0.1, 0.15) is 30.6 Å². The third kappa shape index (κ3) is 2.64. The van der Waals surface area contributed by atoms with E-state index in [9.17, 15) is 19.5 Å². The van der Waals surface area contributed by atoms with Gasteiger partial charge < -0.3 is 20.2 Å². The molecule has 0 saturated heterocycles. The largest absolute Gasteiger partial charge is 0.505 e. The van der Waals surface area contributed by atoms with E-state index in [1.54, 1.807) is 33.3 Å². The molecule has 3 rings (SSSR count). The third-order valence-corrected chi connectivity index (χ3v) is 5.30. The first-order valence-corrected chi connectivity index (χ1v) is 8.47. The standard InChI is InChI=1S/C19H23N3O4/c1-10-9-19(10,2)20-13-14(17(25)16(13)24)22(5)12-8-6-7-11(15(12)23)18(26)21(3)4/h6-8,10,20,23H,9H2,1-5H3/t10-,19?/m1/s1. The molecule has 2 aromatic carbocycles. The zero-order valence-electron chi connectivity index (χ0n) is 15.6. The summed E-state index contributed by atoms with van der Waals surface area (Å²) in [7, 11) is 4.78. The van der Waals surface area contributed by atoms with Crippen LogP contribution in [0.2, 0.25) is 0 Å². The van der Waals surface area contributed by atoms with Gasteiger partial charge in [-0.15, -0.1) is 0 Å². The molecular formula is C19H23N3O4. The van der Waals surface area contributed by atoms with Crippen molar-refractivity contribution >= 4 is 23.0 Å². The first-order valence-electron chi connectivity index (χ1n) is 8.47. The van der Waals surface area contributed by atoms with E-state index in [0.717, 1.165) is 6.42 Å². The maximum atomic E-state index is 12.2. The van der Waals surface area contributed by atoms with E-state index in [4.69, 9.17) is 0 Å². The number of para-hydroxylation sites is 1. The van der Waals surface area contributed by atoms with Crippen molar-refractivity contribution in [2.24, 2.45) is 5.92 Å². The Morgan fingerprint density at radius 3 is 2.38 bits per heavy atom. The molecule has 0 radical (unpaired) electrons. The Labute approximate surface area is 151 Å². The molecule has 0 aliphatic heterocycles. The highest BCUT2D eigenvalue weighted by Crippen LogP contribution is 2.46. The molecule has 0 bridgehead atoms. The molecule has 1 aliphatic rings. The Bertz CT molecular complexity index is 958. The molecule has 1 saturated carbocycles. The molecule has 2 aromatic rings. The predicted molar refractivity (Wildman–Crippen MR) is 101 cm³/mol. The zero-order chi connectivity index (χ0) is 19.4. The topological polar surface area (TPSA) is 89.9 Å². The van der Waals surface area contributed by atoms with Crippen molar-refractivity contribution < 1.29 is 9.90 Å². The van der Waals surface area contributed by atoms with Gasteiger partial charge in [0.15, 0.2) is 5.75 Å². The van der Waals surface area contributed by atoms with Crippen LogP contribution >= 0.6 is 0 Å². The van der Waals surface area contributed by atoms with Crippen LogP contribution in [0.5, 0.6) is 5.75 Å². The number of nitrogens with zero attached hydrogens (tertiary/aromatic N) is 2. The molecule has 1 unspecified atom stereocenters. The SMILES string of the molecule is C[C@@H]1CC1(C)Nc1c(N(C)c2cccc(C(=O)N(C)C)c2O)c(=O)c1=O. The second-order valence-corrected chi connectivity index (χ2v) is 7.46. The molecule has 1 fully saturated rings. The second kappa shape index (κ2) is 5.86. The van der Waals surface area contributed by atoms with Crippen molar-refractivity contribution in [3.05, 3.63) is 44.2 Å². The smallest absolute Gasteiger partial charge is 0.257 e. The van der Waals surface area contributed by atoms with Crippen LogP contribution in [0.15, 0.2) is 27.8 Å². The Balaban J connectivity index is 1.99. The van der Waals surface area contributed by atoms with E-state index < -0.39 is 10.9 Å². The highest BCUT2D eigenvalue weighted by Gasteiger charge is 2.48. The highest BCUT2D eigenvalue weighted by molar-refractivity contribution is 5.99. The van der Waals surface area contributed by atoms with E-state index in [1.807, 2.05) is 6.92 Å². The first kappa shape index (κ1) is 18.0. The molecule has 1 amide bonds. The number of hydrogen-bond donors (Lipinski definition) is 2. The number of anilines is 3. The lowest BCUT2D eigenvalue weighted by atomic mass is 10.1.